The molecule has 3 N–H and O–H groups in total. The highest BCUT2D eigenvalue weighted by Gasteiger charge is 2.09. The zero-order valence-electron chi connectivity index (χ0n) is 10.6. The van der Waals surface area contributed by atoms with E-state index >= 15 is 0 Å². The SMILES string of the molecule is CC(C)CC(O)CNC(=O)Nc1ccccc1Cl. The second-order valence-corrected chi connectivity index (χ2v) is 5.01. The van der Waals surface area contributed by atoms with Gasteiger partial charge in [0.1, 0.15) is 0 Å². The first-order valence-electron chi connectivity index (χ1n) is 5.96. The van der Waals surface area contributed by atoms with Crippen LogP contribution in [0.1, 0.15) is 20.3 Å². The number of hydrogen-bond acceptors (Lipinski definition) is 2. The zero-order chi connectivity index (χ0) is 13.5. The van der Waals surface area contributed by atoms with E-state index in [1.807, 2.05) is 13.8 Å². The van der Waals surface area contributed by atoms with Gasteiger partial charge in [-0.15, -0.1) is 0 Å². The lowest BCUT2D eigenvalue weighted by atomic mass is 10.1. The van der Waals surface area contributed by atoms with E-state index in [1.54, 1.807) is 24.3 Å². The van der Waals surface area contributed by atoms with Crippen LogP contribution in [0, 0.1) is 5.92 Å². The molecule has 1 aromatic rings. The molecule has 0 spiro atoms. The molecule has 18 heavy (non-hydrogen) atoms. The summed E-state index contributed by atoms with van der Waals surface area (Å²) in [5.74, 6) is 0.397. The number of urea groups is 1. The number of anilines is 1. The van der Waals surface area contributed by atoms with E-state index in [-0.39, 0.29) is 12.6 Å². The molecular weight excluding hydrogens is 252 g/mol. The number of amides is 2. The Kier molecular flexibility index (Phi) is 5.95. The summed E-state index contributed by atoms with van der Waals surface area (Å²) in [5.41, 5.74) is 0.551. The molecule has 0 heterocycles. The van der Waals surface area contributed by atoms with E-state index in [9.17, 15) is 9.90 Å². The normalized spacial score (nSPS) is 12.3. The Hall–Kier alpha value is -1.26. The second kappa shape index (κ2) is 7.24. The highest BCUT2D eigenvalue weighted by Crippen LogP contribution is 2.19. The minimum Gasteiger partial charge on any atom is -0.391 e. The molecule has 1 rings (SSSR count). The van der Waals surface area contributed by atoms with Gasteiger partial charge in [0.05, 0.1) is 16.8 Å². The van der Waals surface area contributed by atoms with Gasteiger partial charge in [0.2, 0.25) is 0 Å². The Morgan fingerprint density at radius 2 is 2.06 bits per heavy atom. The molecular formula is C13H19ClN2O2. The summed E-state index contributed by atoms with van der Waals surface area (Å²) in [7, 11) is 0. The van der Waals surface area contributed by atoms with Gasteiger partial charge in [-0.2, -0.15) is 0 Å². The number of hydrogen-bond donors (Lipinski definition) is 3. The molecule has 0 radical (unpaired) electrons. The fraction of sp³-hybridized carbons (Fsp3) is 0.462. The molecule has 0 fully saturated rings. The number of aliphatic hydroxyl groups is 1. The third kappa shape index (κ3) is 5.38. The third-order valence-electron chi connectivity index (χ3n) is 2.36. The summed E-state index contributed by atoms with van der Waals surface area (Å²) in [6.07, 6.45) is 0.133. The number of para-hydroxylation sites is 1. The molecule has 0 aliphatic rings. The summed E-state index contributed by atoms with van der Waals surface area (Å²) < 4.78 is 0. The van der Waals surface area contributed by atoms with Crippen molar-refractivity contribution in [1.29, 1.82) is 0 Å². The van der Waals surface area contributed by atoms with Crippen LogP contribution in [-0.2, 0) is 0 Å². The van der Waals surface area contributed by atoms with Gasteiger partial charge in [-0.05, 0) is 24.5 Å². The maximum absolute atomic E-state index is 11.6. The van der Waals surface area contributed by atoms with Crippen molar-refractivity contribution in [3.8, 4) is 0 Å². The number of aliphatic hydroxyl groups excluding tert-OH is 1. The van der Waals surface area contributed by atoms with Gasteiger partial charge in [-0.25, -0.2) is 4.79 Å². The second-order valence-electron chi connectivity index (χ2n) is 4.60. The fourth-order valence-corrected chi connectivity index (χ4v) is 1.75. The maximum atomic E-state index is 11.6. The summed E-state index contributed by atoms with van der Waals surface area (Å²) in [4.78, 5) is 11.6. The van der Waals surface area contributed by atoms with Gasteiger partial charge >= 0.3 is 6.03 Å². The predicted molar refractivity (Wildman–Crippen MR) is 73.9 cm³/mol. The molecule has 0 aliphatic carbocycles. The first kappa shape index (κ1) is 14.8. The van der Waals surface area contributed by atoms with Gasteiger partial charge in [0.15, 0.2) is 0 Å². The quantitative estimate of drug-likeness (QED) is 0.770. The minimum atomic E-state index is -0.526. The Labute approximate surface area is 112 Å². The van der Waals surface area contributed by atoms with Crippen LogP contribution in [-0.4, -0.2) is 23.8 Å². The van der Waals surface area contributed by atoms with Crippen LogP contribution in [0.2, 0.25) is 5.02 Å². The van der Waals surface area contributed by atoms with Crippen molar-refractivity contribution in [1.82, 2.24) is 5.32 Å². The summed E-state index contributed by atoms with van der Waals surface area (Å²) >= 11 is 5.91. The smallest absolute Gasteiger partial charge is 0.319 e. The van der Waals surface area contributed by atoms with E-state index in [0.717, 1.165) is 0 Å². The molecule has 2 amide bonds. The fourth-order valence-electron chi connectivity index (χ4n) is 1.57. The number of halogens is 1. The predicted octanol–water partition coefficient (Wildman–Crippen LogP) is 2.87. The molecule has 0 saturated heterocycles. The molecule has 0 aliphatic heterocycles. The maximum Gasteiger partial charge on any atom is 0.319 e. The van der Waals surface area contributed by atoms with E-state index in [2.05, 4.69) is 10.6 Å². The molecule has 1 aromatic carbocycles. The first-order valence-corrected chi connectivity index (χ1v) is 6.34. The van der Waals surface area contributed by atoms with Crippen LogP contribution in [0.3, 0.4) is 0 Å². The standard InChI is InChI=1S/C13H19ClN2O2/c1-9(2)7-10(17)8-15-13(18)16-12-6-4-3-5-11(12)14/h3-6,9-10,17H,7-8H2,1-2H3,(H2,15,16,18). The minimum absolute atomic E-state index is 0.231. The van der Waals surface area contributed by atoms with Gasteiger partial charge in [-0.1, -0.05) is 37.6 Å². The number of carbonyl (C=O) groups excluding carboxylic acids is 1. The van der Waals surface area contributed by atoms with Crippen LogP contribution >= 0.6 is 11.6 Å². The molecule has 4 nitrogen and oxygen atoms in total. The van der Waals surface area contributed by atoms with Gasteiger partial charge in [0.25, 0.3) is 0 Å². The molecule has 1 unspecified atom stereocenters. The number of benzene rings is 1. The van der Waals surface area contributed by atoms with Crippen LogP contribution in [0.15, 0.2) is 24.3 Å². The number of nitrogens with one attached hydrogen (secondary N) is 2. The molecule has 0 aromatic heterocycles. The Morgan fingerprint density at radius 1 is 1.39 bits per heavy atom. The van der Waals surface area contributed by atoms with Crippen molar-refractivity contribution in [2.75, 3.05) is 11.9 Å². The lowest BCUT2D eigenvalue weighted by molar-refractivity contribution is 0.148. The monoisotopic (exact) mass is 270 g/mol. The molecule has 0 bridgehead atoms. The molecule has 1 atom stereocenters. The summed E-state index contributed by atoms with van der Waals surface area (Å²) in [5, 5.41) is 15.3. The van der Waals surface area contributed by atoms with Crippen LogP contribution in [0.25, 0.3) is 0 Å². The topological polar surface area (TPSA) is 61.4 Å². The molecule has 100 valence electrons. The average molecular weight is 271 g/mol. The Bertz CT molecular complexity index is 396. The van der Waals surface area contributed by atoms with Crippen molar-refractivity contribution >= 4 is 23.3 Å². The lowest BCUT2D eigenvalue weighted by Crippen LogP contribution is -2.35. The number of carbonyl (C=O) groups is 1. The van der Waals surface area contributed by atoms with Crippen LogP contribution < -0.4 is 10.6 Å². The highest BCUT2D eigenvalue weighted by molar-refractivity contribution is 6.33. The van der Waals surface area contributed by atoms with Crippen LogP contribution in [0.4, 0.5) is 10.5 Å². The Morgan fingerprint density at radius 3 is 2.67 bits per heavy atom. The largest absolute Gasteiger partial charge is 0.391 e. The molecule has 0 saturated carbocycles. The van der Waals surface area contributed by atoms with Crippen molar-refractivity contribution in [2.45, 2.75) is 26.4 Å². The average Bonchev–Trinajstić information content (AvgIpc) is 2.29. The van der Waals surface area contributed by atoms with Crippen molar-refractivity contribution < 1.29 is 9.90 Å². The summed E-state index contributed by atoms with van der Waals surface area (Å²) in [6, 6.07) is 6.62. The van der Waals surface area contributed by atoms with E-state index in [1.165, 1.54) is 0 Å². The Balaban J connectivity index is 2.36. The first-order chi connectivity index (χ1) is 8.49. The van der Waals surface area contributed by atoms with Crippen molar-refractivity contribution in [3.05, 3.63) is 29.3 Å². The van der Waals surface area contributed by atoms with Gasteiger partial charge in [0, 0.05) is 6.54 Å². The van der Waals surface area contributed by atoms with Gasteiger partial charge < -0.3 is 15.7 Å². The molecule has 5 heteroatoms. The van der Waals surface area contributed by atoms with E-state index in [0.29, 0.717) is 23.0 Å². The van der Waals surface area contributed by atoms with Gasteiger partial charge in [-0.3, -0.25) is 0 Å². The van der Waals surface area contributed by atoms with Crippen molar-refractivity contribution in [2.24, 2.45) is 5.92 Å². The summed E-state index contributed by atoms with van der Waals surface area (Å²) in [6.45, 7) is 4.27. The van der Waals surface area contributed by atoms with Crippen molar-refractivity contribution in [3.63, 3.8) is 0 Å². The zero-order valence-corrected chi connectivity index (χ0v) is 11.4. The third-order valence-corrected chi connectivity index (χ3v) is 2.69. The highest BCUT2D eigenvalue weighted by atomic mass is 35.5. The van der Waals surface area contributed by atoms with E-state index < -0.39 is 6.10 Å². The number of rotatable bonds is 5. The van der Waals surface area contributed by atoms with Crippen LogP contribution in [0.5, 0.6) is 0 Å². The lowest BCUT2D eigenvalue weighted by Gasteiger charge is -2.14. The van der Waals surface area contributed by atoms with E-state index in [4.69, 9.17) is 11.6 Å².